The first-order valence-electron chi connectivity index (χ1n) is 5.33. The van der Waals surface area contributed by atoms with Gasteiger partial charge in [-0.3, -0.25) is 4.79 Å². The maximum atomic E-state index is 11.8. The van der Waals surface area contributed by atoms with Gasteiger partial charge in [-0.2, -0.15) is 0 Å². The number of hydrogen-bond acceptors (Lipinski definition) is 3. The average molecular weight is 232 g/mol. The number of esters is 1. The number of carbonyl (C=O) groups excluding carboxylic acids is 1. The normalized spacial score (nSPS) is 13.5. The molecule has 1 rings (SSSR count). The smallest absolute Gasteiger partial charge is 0.316 e. The zero-order valence-electron chi connectivity index (χ0n) is 9.58. The summed E-state index contributed by atoms with van der Waals surface area (Å²) < 4.78 is 4.97. The standard InChI is InChI=1S/C14H16O3/c1-3-10-17-14(16)13(12(15)4-2)11-8-6-5-7-9-11/h3-9,12-13,15H,1-2,10H2/t12-,13-/m0/s1. The van der Waals surface area contributed by atoms with Crippen LogP contribution in [0, 0.1) is 0 Å². The van der Waals surface area contributed by atoms with Crippen LogP contribution in [0.5, 0.6) is 0 Å². The molecule has 90 valence electrons. The van der Waals surface area contributed by atoms with E-state index >= 15 is 0 Å². The SMILES string of the molecule is C=CCOC(=O)[C@@H](c1ccccc1)[C@@H](O)C=C. The predicted octanol–water partition coefficient (Wildman–Crippen LogP) is 2.05. The van der Waals surface area contributed by atoms with Crippen LogP contribution in [0.3, 0.4) is 0 Å². The lowest BCUT2D eigenvalue weighted by molar-refractivity contribution is -0.146. The van der Waals surface area contributed by atoms with Crippen LogP contribution in [0.4, 0.5) is 0 Å². The van der Waals surface area contributed by atoms with Gasteiger partial charge in [-0.15, -0.1) is 6.58 Å². The van der Waals surface area contributed by atoms with Crippen molar-refractivity contribution in [3.63, 3.8) is 0 Å². The van der Waals surface area contributed by atoms with Gasteiger partial charge in [0.05, 0.1) is 6.10 Å². The van der Waals surface area contributed by atoms with Gasteiger partial charge < -0.3 is 9.84 Å². The van der Waals surface area contributed by atoms with Crippen molar-refractivity contribution in [3.8, 4) is 0 Å². The van der Waals surface area contributed by atoms with Crippen LogP contribution < -0.4 is 0 Å². The summed E-state index contributed by atoms with van der Waals surface area (Å²) in [4.78, 5) is 11.8. The quantitative estimate of drug-likeness (QED) is 0.603. The Hall–Kier alpha value is -1.87. The maximum absolute atomic E-state index is 11.8. The van der Waals surface area contributed by atoms with E-state index in [-0.39, 0.29) is 6.61 Å². The fraction of sp³-hybridized carbons (Fsp3) is 0.214. The Morgan fingerprint density at radius 1 is 1.35 bits per heavy atom. The van der Waals surface area contributed by atoms with Gasteiger partial charge in [0.2, 0.25) is 0 Å². The van der Waals surface area contributed by atoms with Gasteiger partial charge in [0.25, 0.3) is 0 Å². The summed E-state index contributed by atoms with van der Waals surface area (Å²) in [5.74, 6) is -1.22. The highest BCUT2D eigenvalue weighted by molar-refractivity contribution is 5.79. The van der Waals surface area contributed by atoms with Crippen LogP contribution in [-0.2, 0) is 9.53 Å². The summed E-state index contributed by atoms with van der Waals surface area (Å²) in [6.45, 7) is 7.09. The first-order chi connectivity index (χ1) is 8.20. The lowest BCUT2D eigenvalue weighted by Crippen LogP contribution is -2.26. The summed E-state index contributed by atoms with van der Waals surface area (Å²) in [5.41, 5.74) is 0.703. The van der Waals surface area contributed by atoms with E-state index < -0.39 is 18.0 Å². The number of benzene rings is 1. The minimum absolute atomic E-state index is 0.131. The van der Waals surface area contributed by atoms with E-state index in [2.05, 4.69) is 13.2 Å². The molecular weight excluding hydrogens is 216 g/mol. The molecule has 0 aromatic heterocycles. The molecule has 0 aliphatic heterocycles. The molecule has 17 heavy (non-hydrogen) atoms. The molecule has 0 heterocycles. The minimum Gasteiger partial charge on any atom is -0.461 e. The minimum atomic E-state index is -0.963. The molecule has 0 radical (unpaired) electrons. The van der Waals surface area contributed by atoms with Gasteiger partial charge in [0.1, 0.15) is 12.5 Å². The molecule has 0 unspecified atom stereocenters. The third-order valence-corrected chi connectivity index (χ3v) is 2.34. The monoisotopic (exact) mass is 232 g/mol. The Kier molecular flexibility index (Phi) is 5.17. The Morgan fingerprint density at radius 3 is 2.53 bits per heavy atom. The molecule has 3 heteroatoms. The van der Waals surface area contributed by atoms with Gasteiger partial charge in [0, 0.05) is 0 Å². The average Bonchev–Trinajstić information content (AvgIpc) is 2.37. The number of ether oxygens (including phenoxy) is 1. The van der Waals surface area contributed by atoms with Crippen molar-refractivity contribution < 1.29 is 14.6 Å². The van der Waals surface area contributed by atoms with Crippen LogP contribution in [0.15, 0.2) is 55.6 Å². The van der Waals surface area contributed by atoms with Crippen molar-refractivity contribution in [1.82, 2.24) is 0 Å². The number of carbonyl (C=O) groups is 1. The second kappa shape index (κ2) is 6.66. The van der Waals surface area contributed by atoms with Crippen molar-refractivity contribution in [2.45, 2.75) is 12.0 Å². The summed E-state index contributed by atoms with van der Waals surface area (Å²) in [7, 11) is 0. The van der Waals surface area contributed by atoms with Crippen LogP contribution in [-0.4, -0.2) is 23.8 Å². The molecule has 1 N–H and O–H groups in total. The largest absolute Gasteiger partial charge is 0.461 e. The molecule has 1 aromatic rings. The van der Waals surface area contributed by atoms with Crippen LogP contribution >= 0.6 is 0 Å². The molecule has 3 nitrogen and oxygen atoms in total. The van der Waals surface area contributed by atoms with Gasteiger partial charge in [0.15, 0.2) is 0 Å². The molecule has 2 atom stereocenters. The van der Waals surface area contributed by atoms with E-state index in [4.69, 9.17) is 4.74 Å². The topological polar surface area (TPSA) is 46.5 Å². The number of rotatable bonds is 6. The Labute approximate surface area is 101 Å². The third kappa shape index (κ3) is 3.57. The maximum Gasteiger partial charge on any atom is 0.316 e. The number of aliphatic hydroxyl groups excluding tert-OH is 1. The van der Waals surface area contributed by atoms with Gasteiger partial charge in [-0.1, -0.05) is 49.1 Å². The summed E-state index contributed by atoms with van der Waals surface area (Å²) in [6, 6.07) is 8.99. The predicted molar refractivity (Wildman–Crippen MR) is 66.5 cm³/mol. The second-order valence-corrected chi connectivity index (χ2v) is 3.53. The second-order valence-electron chi connectivity index (χ2n) is 3.53. The fourth-order valence-corrected chi connectivity index (χ4v) is 1.50. The molecule has 0 saturated heterocycles. The molecule has 0 aliphatic carbocycles. The zero-order chi connectivity index (χ0) is 12.7. The highest BCUT2D eigenvalue weighted by Gasteiger charge is 2.27. The lowest BCUT2D eigenvalue weighted by Gasteiger charge is -2.19. The van der Waals surface area contributed by atoms with Crippen molar-refractivity contribution in [2.75, 3.05) is 6.61 Å². The zero-order valence-corrected chi connectivity index (χ0v) is 9.58. The molecule has 0 bridgehead atoms. The first kappa shape index (κ1) is 13.2. The van der Waals surface area contributed by atoms with E-state index in [0.717, 1.165) is 0 Å². The van der Waals surface area contributed by atoms with Gasteiger partial charge >= 0.3 is 5.97 Å². The van der Waals surface area contributed by atoms with Crippen molar-refractivity contribution in [2.24, 2.45) is 0 Å². The molecular formula is C14H16O3. The van der Waals surface area contributed by atoms with E-state index in [0.29, 0.717) is 5.56 Å². The first-order valence-corrected chi connectivity index (χ1v) is 5.33. The van der Waals surface area contributed by atoms with Crippen molar-refractivity contribution in [1.29, 1.82) is 0 Å². The van der Waals surface area contributed by atoms with Crippen LogP contribution in [0.1, 0.15) is 11.5 Å². The molecule has 0 fully saturated rings. The van der Waals surface area contributed by atoms with E-state index in [1.54, 1.807) is 24.3 Å². The number of hydrogen-bond donors (Lipinski definition) is 1. The van der Waals surface area contributed by atoms with Crippen LogP contribution in [0.25, 0.3) is 0 Å². The van der Waals surface area contributed by atoms with Crippen molar-refractivity contribution in [3.05, 3.63) is 61.2 Å². The lowest BCUT2D eigenvalue weighted by atomic mass is 9.93. The Balaban J connectivity index is 2.92. The summed E-state index contributed by atoms with van der Waals surface area (Å²) >= 11 is 0. The Morgan fingerprint density at radius 2 is 2.00 bits per heavy atom. The van der Waals surface area contributed by atoms with E-state index in [1.165, 1.54) is 12.2 Å². The Bertz CT molecular complexity index is 384. The molecule has 0 aliphatic rings. The van der Waals surface area contributed by atoms with Gasteiger partial charge in [-0.05, 0) is 5.56 Å². The van der Waals surface area contributed by atoms with E-state index in [1.807, 2.05) is 6.07 Å². The third-order valence-electron chi connectivity index (χ3n) is 2.34. The molecule has 0 saturated carbocycles. The fourth-order valence-electron chi connectivity index (χ4n) is 1.50. The van der Waals surface area contributed by atoms with Crippen molar-refractivity contribution >= 4 is 5.97 Å². The summed E-state index contributed by atoms with van der Waals surface area (Å²) in [5, 5.41) is 9.80. The van der Waals surface area contributed by atoms with Gasteiger partial charge in [-0.25, -0.2) is 0 Å². The molecule has 1 aromatic carbocycles. The highest BCUT2D eigenvalue weighted by Crippen LogP contribution is 2.22. The van der Waals surface area contributed by atoms with Crippen LogP contribution in [0.2, 0.25) is 0 Å². The molecule has 0 spiro atoms. The highest BCUT2D eigenvalue weighted by atomic mass is 16.5. The number of aliphatic hydroxyl groups is 1. The molecule has 0 amide bonds. The summed E-state index contributed by atoms with van der Waals surface area (Å²) in [6.07, 6.45) is 1.85. The van der Waals surface area contributed by atoms with E-state index in [9.17, 15) is 9.90 Å².